The summed E-state index contributed by atoms with van der Waals surface area (Å²) >= 11 is 0. The molecule has 0 radical (unpaired) electrons. The first kappa shape index (κ1) is 20.5. The van der Waals surface area contributed by atoms with E-state index in [1.165, 1.54) is 17.2 Å². The van der Waals surface area contributed by atoms with Crippen LogP contribution in [0.15, 0.2) is 12.7 Å². The number of nitrogens with zero attached hydrogens (tertiary/aromatic N) is 5. The standard InChI is InChI=1S/C15H19N6O9P/c22-8-2-1-7(3-8)19-13-10-14(17-5-16-13)20(6-18-10)15-12-11(29-31(25,26)30-12)9(28-15)4-27-21(23)24/h5-9,11-12,15,22H,1-4H2,(H,25,26)(H,16,17,19)/t7-,8+,9+,11+,12+,15+/m0/s1. The second kappa shape index (κ2) is 7.62. The number of hydrogen-bond donors (Lipinski definition) is 3. The minimum absolute atomic E-state index is 0.0425. The maximum Gasteiger partial charge on any atom is 0.473 e. The number of hydrogen-bond acceptors (Lipinski definition) is 12. The molecule has 168 valence electrons. The lowest BCUT2D eigenvalue weighted by Gasteiger charge is -2.19. The molecule has 3 aliphatic rings. The van der Waals surface area contributed by atoms with Crippen LogP contribution in [0.2, 0.25) is 0 Å². The van der Waals surface area contributed by atoms with Gasteiger partial charge in [0.25, 0.3) is 5.09 Å². The zero-order valence-corrected chi connectivity index (χ0v) is 16.8. The molecule has 1 unspecified atom stereocenters. The Kier molecular flexibility index (Phi) is 5.03. The Bertz CT molecular complexity index is 1050. The van der Waals surface area contributed by atoms with Gasteiger partial charge in [-0.15, -0.1) is 10.1 Å². The average molecular weight is 458 g/mol. The Morgan fingerprint density at radius 3 is 2.87 bits per heavy atom. The second-order valence-corrected chi connectivity index (χ2v) is 8.91. The molecule has 4 heterocycles. The third kappa shape index (κ3) is 3.84. The molecular weight excluding hydrogens is 439 g/mol. The number of ether oxygens (including phenoxy) is 1. The largest absolute Gasteiger partial charge is 0.473 e. The average Bonchev–Trinajstić information content (AvgIpc) is 3.44. The molecule has 15 nitrogen and oxygen atoms in total. The molecule has 2 saturated heterocycles. The molecule has 2 aromatic heterocycles. The van der Waals surface area contributed by atoms with Crippen molar-refractivity contribution in [1.82, 2.24) is 19.5 Å². The van der Waals surface area contributed by atoms with E-state index in [2.05, 4.69) is 25.1 Å². The van der Waals surface area contributed by atoms with E-state index >= 15 is 0 Å². The van der Waals surface area contributed by atoms with Crippen LogP contribution in [0.3, 0.4) is 0 Å². The Labute approximate surface area is 174 Å². The molecule has 2 aliphatic heterocycles. The lowest BCUT2D eigenvalue weighted by atomic mass is 10.1. The van der Waals surface area contributed by atoms with Gasteiger partial charge in [-0.1, -0.05) is 0 Å². The van der Waals surface area contributed by atoms with Crippen molar-refractivity contribution in [1.29, 1.82) is 0 Å². The smallest absolute Gasteiger partial charge is 0.393 e. The second-order valence-electron chi connectivity index (χ2n) is 7.55. The van der Waals surface area contributed by atoms with Gasteiger partial charge in [0.1, 0.15) is 31.2 Å². The van der Waals surface area contributed by atoms with Crippen LogP contribution in [-0.2, 0) is 23.2 Å². The van der Waals surface area contributed by atoms with Gasteiger partial charge in [0.15, 0.2) is 23.2 Å². The van der Waals surface area contributed by atoms with Crippen LogP contribution in [0.4, 0.5) is 5.82 Å². The highest BCUT2D eigenvalue weighted by Crippen LogP contribution is 2.58. The minimum Gasteiger partial charge on any atom is -0.393 e. The molecule has 16 heteroatoms. The van der Waals surface area contributed by atoms with Gasteiger partial charge in [-0.2, -0.15) is 0 Å². The number of fused-ring (bicyclic) bond motifs is 2. The van der Waals surface area contributed by atoms with Crippen molar-refractivity contribution in [3.8, 4) is 0 Å². The third-order valence-corrected chi connectivity index (χ3v) is 6.54. The van der Waals surface area contributed by atoms with Gasteiger partial charge in [-0.25, -0.2) is 19.5 Å². The predicted molar refractivity (Wildman–Crippen MR) is 99.0 cm³/mol. The number of nitrogens with one attached hydrogen (secondary N) is 1. The quantitative estimate of drug-likeness (QED) is 0.301. The van der Waals surface area contributed by atoms with E-state index in [-0.39, 0.29) is 12.1 Å². The van der Waals surface area contributed by atoms with Crippen LogP contribution < -0.4 is 5.32 Å². The van der Waals surface area contributed by atoms with Gasteiger partial charge < -0.3 is 24.9 Å². The van der Waals surface area contributed by atoms with Gasteiger partial charge in [-0.05, 0) is 19.3 Å². The molecule has 1 saturated carbocycles. The molecule has 0 aromatic carbocycles. The van der Waals surface area contributed by atoms with E-state index in [0.717, 1.165) is 6.42 Å². The fourth-order valence-electron chi connectivity index (χ4n) is 4.20. The molecule has 31 heavy (non-hydrogen) atoms. The molecule has 0 spiro atoms. The van der Waals surface area contributed by atoms with Crippen molar-refractivity contribution < 1.29 is 38.3 Å². The molecule has 0 amide bonds. The third-order valence-electron chi connectivity index (χ3n) is 5.52. The zero-order valence-electron chi connectivity index (χ0n) is 15.9. The summed E-state index contributed by atoms with van der Waals surface area (Å²) in [7, 11) is -4.35. The van der Waals surface area contributed by atoms with Gasteiger partial charge in [-0.3, -0.25) is 13.6 Å². The Hall–Kier alpha value is -2.42. The van der Waals surface area contributed by atoms with E-state index in [1.54, 1.807) is 0 Å². The number of aliphatic hydroxyl groups is 1. The zero-order chi connectivity index (χ0) is 21.8. The fourth-order valence-corrected chi connectivity index (χ4v) is 5.34. The molecular formula is C15H19N6O9P. The van der Waals surface area contributed by atoms with Crippen molar-refractivity contribution in [2.75, 3.05) is 11.9 Å². The molecule has 5 rings (SSSR count). The van der Waals surface area contributed by atoms with Crippen molar-refractivity contribution in [2.45, 2.75) is 55.9 Å². The van der Waals surface area contributed by atoms with Crippen molar-refractivity contribution >= 4 is 24.8 Å². The van der Waals surface area contributed by atoms with E-state index in [1.807, 2.05) is 0 Å². The topological polar surface area (TPSA) is 193 Å². The summed E-state index contributed by atoms with van der Waals surface area (Å²) in [6, 6.07) is 0.0425. The van der Waals surface area contributed by atoms with Crippen molar-refractivity contribution in [3.05, 3.63) is 22.8 Å². The molecule has 0 bridgehead atoms. The highest BCUT2D eigenvalue weighted by Gasteiger charge is 2.58. The van der Waals surface area contributed by atoms with Gasteiger partial charge >= 0.3 is 7.82 Å². The highest BCUT2D eigenvalue weighted by atomic mass is 31.2. The van der Waals surface area contributed by atoms with Crippen molar-refractivity contribution in [2.24, 2.45) is 0 Å². The number of aliphatic hydroxyl groups excluding tert-OH is 1. The van der Waals surface area contributed by atoms with Crippen LogP contribution in [0.5, 0.6) is 0 Å². The molecule has 2 aromatic rings. The Balaban J connectivity index is 1.44. The van der Waals surface area contributed by atoms with Gasteiger partial charge in [0, 0.05) is 6.04 Å². The van der Waals surface area contributed by atoms with Gasteiger partial charge in [0.2, 0.25) is 0 Å². The Morgan fingerprint density at radius 1 is 1.32 bits per heavy atom. The molecule has 3 fully saturated rings. The maximum absolute atomic E-state index is 12.0. The number of phosphoric acid groups is 1. The predicted octanol–water partition coefficient (Wildman–Crippen LogP) is 0.142. The summed E-state index contributed by atoms with van der Waals surface area (Å²) < 4.78 is 29.5. The number of rotatable bonds is 6. The van der Waals surface area contributed by atoms with Crippen LogP contribution in [0.25, 0.3) is 11.2 Å². The van der Waals surface area contributed by atoms with Crippen LogP contribution >= 0.6 is 7.82 Å². The SMILES string of the molecule is O=[N+]([O-])OC[C@H]1O[C@@H](n2cnc3c(N[C@H]4CC[C@@H](O)C4)ncnc32)[C@@H]2OP(=O)(O)O[C@@H]21. The summed E-state index contributed by atoms with van der Waals surface area (Å²) in [6.45, 7) is -0.507. The summed E-state index contributed by atoms with van der Waals surface area (Å²) in [4.78, 5) is 37.5. The summed E-state index contributed by atoms with van der Waals surface area (Å²) in [5, 5.41) is 22.6. The first-order chi connectivity index (χ1) is 14.8. The number of imidazole rings is 1. The summed E-state index contributed by atoms with van der Waals surface area (Å²) in [5.74, 6) is 0.474. The van der Waals surface area contributed by atoms with Crippen LogP contribution in [0, 0.1) is 10.1 Å². The van der Waals surface area contributed by atoms with Crippen LogP contribution in [0.1, 0.15) is 25.5 Å². The summed E-state index contributed by atoms with van der Waals surface area (Å²) in [5.41, 5.74) is 0.791. The summed E-state index contributed by atoms with van der Waals surface area (Å²) in [6.07, 6.45) is 0.355. The van der Waals surface area contributed by atoms with Crippen LogP contribution in [-0.4, -0.2) is 71.7 Å². The first-order valence-electron chi connectivity index (χ1n) is 9.55. The van der Waals surface area contributed by atoms with E-state index in [4.69, 9.17) is 13.8 Å². The number of anilines is 1. The highest BCUT2D eigenvalue weighted by molar-refractivity contribution is 7.47. The van der Waals surface area contributed by atoms with E-state index in [9.17, 15) is 24.7 Å². The lowest BCUT2D eigenvalue weighted by molar-refractivity contribution is -0.759. The number of aromatic nitrogens is 4. The Morgan fingerprint density at radius 2 is 2.13 bits per heavy atom. The normalized spacial score (nSPS) is 37.2. The van der Waals surface area contributed by atoms with E-state index in [0.29, 0.717) is 29.8 Å². The van der Waals surface area contributed by atoms with E-state index < -0.39 is 44.1 Å². The maximum atomic E-state index is 12.0. The van der Waals surface area contributed by atoms with Gasteiger partial charge in [0.05, 0.1) is 12.4 Å². The molecule has 7 atom stereocenters. The fraction of sp³-hybridized carbons (Fsp3) is 0.667. The first-order valence-corrected chi connectivity index (χ1v) is 11.0. The monoisotopic (exact) mass is 458 g/mol. The van der Waals surface area contributed by atoms with Crippen molar-refractivity contribution in [3.63, 3.8) is 0 Å². The molecule has 3 N–H and O–H groups in total. The minimum atomic E-state index is -4.35. The number of phosphoric ester groups is 1. The lowest BCUT2D eigenvalue weighted by Crippen LogP contribution is -2.32. The molecule has 1 aliphatic carbocycles.